The van der Waals surface area contributed by atoms with Gasteiger partial charge in [-0.3, -0.25) is 43.2 Å². The van der Waals surface area contributed by atoms with Gasteiger partial charge in [0.2, 0.25) is 17.7 Å². The van der Waals surface area contributed by atoms with E-state index in [9.17, 15) is 64.7 Å². The largest absolute Gasteiger partial charge is 0.364 e. The number of imidazole rings is 3. The number of primary amides is 1. The molecule has 27 nitrogen and oxygen atoms in total. The summed E-state index contributed by atoms with van der Waals surface area (Å²) in [5.41, 5.74) is 6.16. The Bertz CT molecular complexity index is 4660. The lowest BCUT2D eigenvalue weighted by molar-refractivity contribution is -0.128. The normalized spacial score (nSPS) is 25.9. The molecule has 9 aliphatic rings. The molecule has 3 saturated carbocycles. The smallest absolute Gasteiger partial charge is 0.274 e. The fourth-order valence-corrected chi connectivity index (χ4v) is 20.3. The first-order chi connectivity index (χ1) is 51.4. The van der Waals surface area contributed by atoms with Crippen molar-refractivity contribution >= 4 is 115 Å². The minimum atomic E-state index is -3.24. The van der Waals surface area contributed by atoms with E-state index in [2.05, 4.69) is 52.8 Å². The van der Waals surface area contributed by atoms with Crippen LogP contribution in [0.25, 0.3) is 0 Å². The lowest BCUT2D eigenvalue weighted by atomic mass is 9.71. The van der Waals surface area contributed by atoms with Crippen LogP contribution in [0.2, 0.25) is 15.1 Å². The number of rotatable bonds is 12. The van der Waals surface area contributed by atoms with Gasteiger partial charge < -0.3 is 65.6 Å². The average molecular weight is 1570 g/mol. The van der Waals surface area contributed by atoms with Crippen LogP contribution in [0.3, 0.4) is 0 Å². The summed E-state index contributed by atoms with van der Waals surface area (Å²) < 4.78 is 66.2. The highest BCUT2D eigenvalue weighted by atomic mass is 35.5. The van der Waals surface area contributed by atoms with Crippen molar-refractivity contribution in [1.29, 1.82) is 0 Å². The predicted molar refractivity (Wildman–Crippen MR) is 395 cm³/mol. The number of likely N-dealkylation sites (tertiary alicyclic amines) is 2. The maximum absolute atomic E-state index is 13.5. The number of carbonyl (C=O) groups excluding carboxylic acids is 9. The van der Waals surface area contributed by atoms with Crippen molar-refractivity contribution in [1.82, 2.24) is 60.1 Å². The summed E-state index contributed by atoms with van der Waals surface area (Å²) in [6.45, 7) is 7.01. The first kappa shape index (κ1) is 77.3. The molecule has 9 heterocycles. The summed E-state index contributed by atoms with van der Waals surface area (Å²) in [5, 5.41) is 9.12. The number of aromatic nitrogens is 6. The van der Waals surface area contributed by atoms with E-state index in [4.69, 9.17) is 40.5 Å². The maximum atomic E-state index is 13.5. The number of sulfone groups is 1. The number of anilines is 3. The van der Waals surface area contributed by atoms with Gasteiger partial charge in [-0.25, -0.2) is 36.5 Å². The number of hydrogen-bond donors (Lipinski definition) is 6. The quantitative estimate of drug-likeness (QED) is 0.0668. The number of benzene rings is 3. The third-order valence-corrected chi connectivity index (χ3v) is 26.4. The van der Waals surface area contributed by atoms with E-state index in [1.54, 1.807) is 32.3 Å². The molecule has 108 heavy (non-hydrogen) atoms. The lowest BCUT2D eigenvalue weighted by Gasteiger charge is -2.46. The molecule has 1 atom stereocenters. The van der Waals surface area contributed by atoms with Gasteiger partial charge in [-0.2, -0.15) is 0 Å². The van der Waals surface area contributed by atoms with Crippen LogP contribution in [-0.2, 0) is 24.2 Å². The van der Waals surface area contributed by atoms with Crippen LogP contribution < -0.4 is 36.4 Å². The van der Waals surface area contributed by atoms with Crippen molar-refractivity contribution in [2.45, 2.75) is 128 Å². The van der Waals surface area contributed by atoms with Crippen LogP contribution in [0.5, 0.6) is 0 Å². The van der Waals surface area contributed by atoms with Crippen LogP contribution in [0, 0.1) is 45.0 Å². The number of nitrogens with one attached hydrogen (secondary N) is 5. The summed E-state index contributed by atoms with van der Waals surface area (Å²) in [6.07, 6.45) is 14.6. The van der Waals surface area contributed by atoms with Crippen molar-refractivity contribution < 1.29 is 64.7 Å². The van der Waals surface area contributed by atoms with Crippen LogP contribution in [0.4, 0.5) is 30.2 Å². The molecular weight excluding hydrogens is 1480 g/mol. The minimum absolute atomic E-state index is 0.00403. The van der Waals surface area contributed by atoms with E-state index in [1.165, 1.54) is 79.5 Å². The molecular formula is C74H86Cl3F3N16O11S. The first-order valence-electron chi connectivity index (χ1n) is 36.5. The predicted octanol–water partition coefficient (Wildman–Crippen LogP) is 8.55. The van der Waals surface area contributed by atoms with Gasteiger partial charge in [0, 0.05) is 89.5 Å². The van der Waals surface area contributed by atoms with E-state index in [0.717, 1.165) is 19.5 Å². The zero-order chi connectivity index (χ0) is 76.9. The Balaban J connectivity index is 0.000000144. The minimum Gasteiger partial charge on any atom is -0.364 e. The van der Waals surface area contributed by atoms with Crippen molar-refractivity contribution in [3.05, 3.63) is 140 Å². The molecule has 3 aromatic heterocycles. The molecule has 6 aliphatic heterocycles. The second-order valence-corrected chi connectivity index (χ2v) is 34.1. The van der Waals surface area contributed by atoms with Gasteiger partial charge in [-0.1, -0.05) is 41.7 Å². The van der Waals surface area contributed by atoms with E-state index in [0.29, 0.717) is 146 Å². The molecule has 3 aliphatic carbocycles. The lowest BCUT2D eigenvalue weighted by Crippen LogP contribution is -2.55. The number of amides is 9. The molecule has 6 saturated heterocycles. The fourth-order valence-electron chi connectivity index (χ4n) is 17.9. The average Bonchev–Trinajstić information content (AvgIpc) is 1.62. The topological polar surface area (TPSA) is 344 Å². The van der Waals surface area contributed by atoms with E-state index in [-0.39, 0.29) is 133 Å². The monoisotopic (exact) mass is 1570 g/mol. The summed E-state index contributed by atoms with van der Waals surface area (Å²) in [7, 11) is 0.306. The standard InChI is InChI=1S/C27H32ClFN6O3.C26H31ClFN5O5S.C21H23ClFN5O3/c1-33-13-26(14-33)8-10-34(15-26)24(37)22-21(30-16-31-22)23(36)32-18-4-6-27(7-5-18)9-11-35(25(27)38)20-3-2-17(29)12-19(20)28;1-16-13-32(10-11-39(37,38)14-16)24(35)22-21(29-15-30-22)23(34)31-18-4-6-26(7-5-18)8-9-33(25(26)36)20-3-2-17(28)12-19(20)27;1-25-19(30)16-17(18(24)29)28(11-26-16)13-4-6-21(7-5-13)8-9-27(20(21)31)15-3-2-12(23)10-14(15)22/h2-3,12,16,18H,4-11,13-15H2,1H3,(H,30,31)(H,32,36);2-3,12,15-16,18H,4-11,13-14H2,1H3,(H,29,30)(H,31,34);2-3,10-11,13H,4-9H2,1H3,(H2,24,29)(H,25,30). The zero-order valence-electron chi connectivity index (χ0n) is 60.0. The SMILES string of the molecule is CC1CN(C(=O)c2nc[nH]c2C(=O)NC2CCC3(CC2)CCN(c2ccc(F)cc2Cl)C3=O)CCS(=O)(=O)C1.CN1CC2(CCN(C(=O)c3nc[nH]c3C(=O)NC3CCC4(CC3)CCN(c3ccc(F)cc3Cl)C4=O)C2)C1.CNC(=O)c1ncn(C2CCC3(CC2)CCN(c2ccc(F)cc2Cl)C3=O)c1C(N)=O. The highest BCUT2D eigenvalue weighted by Gasteiger charge is 2.53. The molecule has 9 amide bonds. The van der Waals surface area contributed by atoms with E-state index >= 15 is 0 Å². The van der Waals surface area contributed by atoms with Gasteiger partial charge in [0.05, 0.1) is 78.9 Å². The molecule has 15 rings (SSSR count). The molecule has 1 unspecified atom stereocenters. The van der Waals surface area contributed by atoms with Crippen molar-refractivity contribution in [3.8, 4) is 0 Å². The number of hydrogen-bond acceptors (Lipinski definition) is 15. The van der Waals surface area contributed by atoms with Crippen molar-refractivity contribution in [2.75, 3.05) is 99.2 Å². The summed E-state index contributed by atoms with van der Waals surface area (Å²) in [4.78, 5) is 145. The number of nitrogens with two attached hydrogens (primary N) is 1. The Hall–Kier alpha value is -8.91. The Morgan fingerprint density at radius 1 is 0.556 bits per heavy atom. The third kappa shape index (κ3) is 15.4. The second-order valence-electron chi connectivity index (χ2n) is 30.6. The Kier molecular flexibility index (Phi) is 22.1. The number of nitrogens with zero attached hydrogens (tertiary/aromatic N) is 10. The molecule has 4 spiro atoms. The Labute approximate surface area is 636 Å². The molecule has 576 valence electrons. The van der Waals surface area contributed by atoms with Gasteiger partial charge in [-0.05, 0) is 170 Å². The molecule has 9 fully saturated rings. The van der Waals surface area contributed by atoms with E-state index < -0.39 is 67.2 Å². The van der Waals surface area contributed by atoms with Crippen LogP contribution >= 0.6 is 34.8 Å². The van der Waals surface area contributed by atoms with Crippen molar-refractivity contribution in [2.24, 2.45) is 33.3 Å². The summed E-state index contributed by atoms with van der Waals surface area (Å²) in [5.74, 6) is -4.39. The Morgan fingerprint density at radius 2 is 0.981 bits per heavy atom. The van der Waals surface area contributed by atoms with Crippen molar-refractivity contribution in [3.63, 3.8) is 0 Å². The molecule has 0 radical (unpaired) electrons. The van der Waals surface area contributed by atoms with Gasteiger partial charge in [0.25, 0.3) is 35.4 Å². The highest BCUT2D eigenvalue weighted by Crippen LogP contribution is 2.52. The maximum Gasteiger partial charge on any atom is 0.274 e. The van der Waals surface area contributed by atoms with Crippen LogP contribution in [-0.4, -0.2) is 202 Å². The highest BCUT2D eigenvalue weighted by molar-refractivity contribution is 7.91. The number of carbonyl (C=O) groups is 9. The summed E-state index contributed by atoms with van der Waals surface area (Å²) >= 11 is 18.6. The molecule has 0 bridgehead atoms. The second kappa shape index (κ2) is 30.9. The number of H-pyrrole nitrogens is 2. The molecule has 34 heteroatoms. The Morgan fingerprint density at radius 3 is 1.39 bits per heavy atom. The molecule has 6 aromatic rings. The van der Waals surface area contributed by atoms with Gasteiger partial charge in [0.1, 0.15) is 34.5 Å². The number of halogens is 6. The van der Waals surface area contributed by atoms with E-state index in [1.807, 2.05) is 4.90 Å². The molecule has 7 N–H and O–H groups in total. The first-order valence-corrected chi connectivity index (χ1v) is 39.5. The van der Waals surface area contributed by atoms with Gasteiger partial charge in [-0.15, -0.1) is 0 Å². The van der Waals surface area contributed by atoms with Gasteiger partial charge >= 0.3 is 0 Å². The summed E-state index contributed by atoms with van der Waals surface area (Å²) in [6, 6.07) is 11.8. The fraction of sp³-hybridized carbons (Fsp3) is 0.514. The van der Waals surface area contributed by atoms with Gasteiger partial charge in [0.15, 0.2) is 26.9 Å². The molecule has 3 aromatic carbocycles. The number of aromatic amines is 2. The zero-order valence-corrected chi connectivity index (χ0v) is 63.1. The van der Waals surface area contributed by atoms with Crippen LogP contribution in [0.1, 0.15) is 179 Å². The van der Waals surface area contributed by atoms with Crippen LogP contribution in [0.15, 0.2) is 73.6 Å². The third-order valence-electron chi connectivity index (χ3n) is 23.6.